The summed E-state index contributed by atoms with van der Waals surface area (Å²) in [5.41, 5.74) is 3.23. The molecule has 1 aromatic rings. The van der Waals surface area contributed by atoms with Gasteiger partial charge in [-0.1, -0.05) is 13.8 Å². The summed E-state index contributed by atoms with van der Waals surface area (Å²) in [5.74, 6) is 0. The third kappa shape index (κ3) is 2.27. The molecule has 0 spiro atoms. The van der Waals surface area contributed by atoms with Gasteiger partial charge in [0.1, 0.15) is 5.56 Å². The maximum atomic E-state index is 10.2. The first-order valence-electron chi connectivity index (χ1n) is 4.91. The maximum Gasteiger partial charge on any atom is 0.336 e. The Kier molecular flexibility index (Phi) is 3.71. The average Bonchev–Trinajstić information content (AvgIpc) is 2.28. The molecule has 0 saturated carbocycles. The molecule has 15 heavy (non-hydrogen) atoms. The van der Waals surface area contributed by atoms with E-state index in [9.17, 15) is 5.21 Å². The first-order valence-corrected chi connectivity index (χ1v) is 4.91. The lowest BCUT2D eigenvalue weighted by Gasteiger charge is -2.04. The zero-order valence-electron chi connectivity index (χ0n) is 8.87. The molecule has 0 fully saturated rings. The van der Waals surface area contributed by atoms with E-state index in [1.165, 1.54) is 0 Å². The predicted molar refractivity (Wildman–Crippen MR) is 59.6 cm³/mol. The van der Waals surface area contributed by atoms with Crippen molar-refractivity contribution in [2.24, 2.45) is 0 Å². The monoisotopic (exact) mass is 200 g/mol. The molecular formula is C12H12N2O. The number of rotatable bonds is 2. The van der Waals surface area contributed by atoms with E-state index in [1.807, 2.05) is 26.0 Å². The van der Waals surface area contributed by atoms with Gasteiger partial charge in [-0.3, -0.25) is 0 Å². The van der Waals surface area contributed by atoms with Gasteiger partial charge in [-0.25, -0.2) is 0 Å². The van der Waals surface area contributed by atoms with E-state index in [-0.39, 0.29) is 0 Å². The lowest BCUT2D eigenvalue weighted by Crippen LogP contribution is -1.95. The highest BCUT2D eigenvalue weighted by Gasteiger charge is 2.09. The van der Waals surface area contributed by atoms with E-state index in [2.05, 4.69) is 17.1 Å². The number of nitrogens with zero attached hydrogens (tertiary/aromatic N) is 2. The van der Waals surface area contributed by atoms with E-state index in [1.54, 1.807) is 0 Å². The summed E-state index contributed by atoms with van der Waals surface area (Å²) in [5, 5.41) is 21.8. The molecule has 0 N–H and O–H groups in total. The molecule has 0 aliphatic carbocycles. The Labute approximate surface area is 89.4 Å². The Morgan fingerprint density at radius 2 is 1.73 bits per heavy atom. The summed E-state index contributed by atoms with van der Waals surface area (Å²) in [4.78, 5) is 0. The molecule has 0 radical (unpaired) electrons. The van der Waals surface area contributed by atoms with Gasteiger partial charge in [0.25, 0.3) is 0 Å². The Balaban J connectivity index is 3.40. The van der Waals surface area contributed by atoms with Gasteiger partial charge in [0.15, 0.2) is 0 Å². The highest BCUT2D eigenvalue weighted by Crippen LogP contribution is 2.17. The van der Waals surface area contributed by atoms with Crippen molar-refractivity contribution in [2.75, 3.05) is 0 Å². The SMILES string of the molecule is CCc1cc(C#[N+][O-])c(CC)cc1C#N. The molecule has 1 rings (SSSR count). The summed E-state index contributed by atoms with van der Waals surface area (Å²) >= 11 is 0. The zero-order valence-corrected chi connectivity index (χ0v) is 8.87. The van der Waals surface area contributed by atoms with Gasteiger partial charge in [0.2, 0.25) is 0 Å². The molecule has 1 aromatic carbocycles. The molecule has 3 heteroatoms. The topological polar surface area (TPSA) is 51.2 Å². The van der Waals surface area contributed by atoms with Crippen LogP contribution in [0.5, 0.6) is 0 Å². The van der Waals surface area contributed by atoms with Crippen LogP contribution in [0.4, 0.5) is 0 Å². The van der Waals surface area contributed by atoms with Crippen LogP contribution in [0, 0.1) is 22.6 Å². The molecule has 0 saturated heterocycles. The molecule has 0 atom stereocenters. The van der Waals surface area contributed by atoms with Gasteiger partial charge in [0.05, 0.1) is 11.6 Å². The predicted octanol–water partition coefficient (Wildman–Crippen LogP) is 2.86. The number of aryl methyl sites for hydroxylation is 2. The Morgan fingerprint density at radius 1 is 1.20 bits per heavy atom. The Hall–Kier alpha value is -2.00. The van der Waals surface area contributed by atoms with E-state index < -0.39 is 0 Å². The zero-order chi connectivity index (χ0) is 11.3. The normalized spacial score (nSPS) is 8.87. The van der Waals surface area contributed by atoms with Gasteiger partial charge >= 0.3 is 6.07 Å². The standard InChI is InChI=1S/C12H12N2O/c1-3-9-6-12(8-14-15)10(4-2)5-11(9)7-13/h5-6H,3-4H2,1-2H3. The van der Waals surface area contributed by atoms with Crippen molar-refractivity contribution in [3.63, 3.8) is 0 Å². The van der Waals surface area contributed by atoms with Crippen LogP contribution in [0.25, 0.3) is 5.01 Å². The second-order valence-electron chi connectivity index (χ2n) is 3.19. The lowest BCUT2D eigenvalue weighted by atomic mass is 9.97. The largest absolute Gasteiger partial charge is 0.498 e. The quantitative estimate of drug-likeness (QED) is 0.689. The molecule has 0 heterocycles. The molecule has 0 aliphatic rings. The highest BCUT2D eigenvalue weighted by atomic mass is 16.4. The first-order chi connectivity index (χ1) is 7.26. The Morgan fingerprint density at radius 3 is 2.20 bits per heavy atom. The summed E-state index contributed by atoms with van der Waals surface area (Å²) in [7, 11) is 0. The smallest absolute Gasteiger partial charge is 0.336 e. The van der Waals surface area contributed by atoms with Gasteiger partial charge in [0, 0.05) is 5.01 Å². The number of hydrogen-bond acceptors (Lipinski definition) is 2. The summed E-state index contributed by atoms with van der Waals surface area (Å²) in [6.45, 7) is 3.94. The fourth-order valence-electron chi connectivity index (χ4n) is 1.53. The molecule has 76 valence electrons. The van der Waals surface area contributed by atoms with Crippen molar-refractivity contribution in [3.8, 4) is 12.1 Å². The van der Waals surface area contributed by atoms with Gasteiger partial charge in [-0.15, -0.1) is 0 Å². The second kappa shape index (κ2) is 5.02. The lowest BCUT2D eigenvalue weighted by molar-refractivity contribution is 1.08. The van der Waals surface area contributed by atoms with Crippen LogP contribution in [0.1, 0.15) is 36.1 Å². The number of benzene rings is 1. The third-order valence-electron chi connectivity index (χ3n) is 2.38. The van der Waals surface area contributed by atoms with E-state index in [0.717, 1.165) is 24.0 Å². The molecule has 0 unspecified atom stereocenters. The molecule has 0 amide bonds. The fraction of sp³-hybridized carbons (Fsp3) is 0.333. The molecule has 0 aliphatic heterocycles. The molecular weight excluding hydrogens is 188 g/mol. The van der Waals surface area contributed by atoms with E-state index in [4.69, 9.17) is 5.26 Å². The summed E-state index contributed by atoms with van der Waals surface area (Å²) in [6, 6.07) is 8.20. The Bertz CT molecular complexity index is 461. The second-order valence-corrected chi connectivity index (χ2v) is 3.19. The van der Waals surface area contributed by atoms with Crippen LogP contribution in [0.2, 0.25) is 0 Å². The fourth-order valence-corrected chi connectivity index (χ4v) is 1.53. The average molecular weight is 200 g/mol. The van der Waals surface area contributed by atoms with Crippen molar-refractivity contribution < 1.29 is 0 Å². The molecule has 0 bridgehead atoms. The summed E-state index contributed by atoms with van der Waals surface area (Å²) in [6.07, 6.45) is 1.52. The third-order valence-corrected chi connectivity index (χ3v) is 2.38. The minimum Gasteiger partial charge on any atom is -0.498 e. The molecule has 0 aromatic heterocycles. The summed E-state index contributed by atoms with van der Waals surface area (Å²) < 4.78 is 0. The van der Waals surface area contributed by atoms with Crippen molar-refractivity contribution in [1.82, 2.24) is 0 Å². The van der Waals surface area contributed by atoms with Crippen LogP contribution >= 0.6 is 0 Å². The van der Waals surface area contributed by atoms with E-state index in [0.29, 0.717) is 11.1 Å². The van der Waals surface area contributed by atoms with E-state index >= 15 is 0 Å². The van der Waals surface area contributed by atoms with Crippen molar-refractivity contribution >= 4 is 0 Å². The molecule has 3 nitrogen and oxygen atoms in total. The minimum atomic E-state index is 0.672. The maximum absolute atomic E-state index is 10.2. The van der Waals surface area contributed by atoms with Crippen LogP contribution in [-0.2, 0) is 12.8 Å². The van der Waals surface area contributed by atoms with Crippen LogP contribution in [0.15, 0.2) is 12.1 Å². The van der Waals surface area contributed by atoms with Crippen LogP contribution in [0.3, 0.4) is 0 Å². The minimum absolute atomic E-state index is 0.672. The van der Waals surface area contributed by atoms with Crippen molar-refractivity contribution in [1.29, 1.82) is 5.26 Å². The van der Waals surface area contributed by atoms with Gasteiger partial charge < -0.3 is 5.21 Å². The van der Waals surface area contributed by atoms with Crippen molar-refractivity contribution in [3.05, 3.63) is 44.6 Å². The number of hydrogen-bond donors (Lipinski definition) is 0. The van der Waals surface area contributed by atoms with Gasteiger partial charge in [-0.05, 0) is 36.1 Å². The van der Waals surface area contributed by atoms with Gasteiger partial charge in [-0.2, -0.15) is 5.26 Å². The highest BCUT2D eigenvalue weighted by molar-refractivity contribution is 5.50. The van der Waals surface area contributed by atoms with Crippen LogP contribution < -0.4 is 0 Å². The first kappa shape index (κ1) is 11.1. The van der Waals surface area contributed by atoms with Crippen molar-refractivity contribution in [2.45, 2.75) is 26.7 Å². The number of nitriles is 1. The van der Waals surface area contributed by atoms with Crippen LogP contribution in [-0.4, -0.2) is 0 Å².